The summed E-state index contributed by atoms with van der Waals surface area (Å²) >= 11 is 5.08. The molecule has 5 unspecified atom stereocenters. The summed E-state index contributed by atoms with van der Waals surface area (Å²) in [5, 5.41) is 2.88. The fourth-order valence-electron chi connectivity index (χ4n) is 6.09. The van der Waals surface area contributed by atoms with E-state index in [1.54, 1.807) is 11.8 Å². The molecule has 0 aromatic carbocycles. The Morgan fingerprint density at radius 2 is 1.85 bits per heavy atom. The molecule has 0 N–H and O–H groups in total. The van der Waals surface area contributed by atoms with Gasteiger partial charge in [-0.25, -0.2) is 4.58 Å². The monoisotopic (exact) mass is 532 g/mol. The normalized spacial score (nSPS) is 34.1. The van der Waals surface area contributed by atoms with Crippen molar-refractivity contribution < 1.29 is 17.7 Å². The van der Waals surface area contributed by atoms with Crippen molar-refractivity contribution in [1.29, 1.82) is 0 Å². The lowest BCUT2D eigenvalue weighted by molar-refractivity contribution is -0.557. The average molecular weight is 533 g/mol. The van der Waals surface area contributed by atoms with Crippen molar-refractivity contribution in [3.63, 3.8) is 0 Å². The predicted octanol–water partition coefficient (Wildman–Crippen LogP) is 4.04. The lowest BCUT2D eigenvalue weighted by Gasteiger charge is -2.35. The lowest BCUT2D eigenvalue weighted by Crippen LogP contribution is -2.42. The summed E-state index contributed by atoms with van der Waals surface area (Å²) in [7, 11) is 1.87. The molecule has 0 bridgehead atoms. The minimum absolute atomic E-state index is 0.0109. The highest BCUT2D eigenvalue weighted by atomic mass is 32.2. The van der Waals surface area contributed by atoms with Gasteiger partial charge in [0.25, 0.3) is 5.56 Å². The highest BCUT2D eigenvalue weighted by Gasteiger charge is 2.49. The van der Waals surface area contributed by atoms with Gasteiger partial charge >= 0.3 is 6.18 Å². The van der Waals surface area contributed by atoms with Crippen LogP contribution in [-0.4, -0.2) is 61.4 Å². The van der Waals surface area contributed by atoms with Gasteiger partial charge in [-0.2, -0.15) is 13.2 Å². The van der Waals surface area contributed by atoms with Crippen LogP contribution in [0.1, 0.15) is 58.8 Å². The van der Waals surface area contributed by atoms with Crippen LogP contribution in [-0.2, 0) is 6.54 Å². The topological polar surface area (TPSA) is 28.2 Å². The third-order valence-electron chi connectivity index (χ3n) is 7.93. The number of hydrogen-bond donors (Lipinski definition) is 0. The largest absolute Gasteiger partial charge is 0.391 e. The third-order valence-corrected chi connectivity index (χ3v) is 12.2. The van der Waals surface area contributed by atoms with E-state index in [1.807, 2.05) is 35.2 Å². The maximum Gasteiger partial charge on any atom is 0.391 e. The summed E-state index contributed by atoms with van der Waals surface area (Å²) in [6, 6.07) is 0.426. The zero-order valence-electron chi connectivity index (χ0n) is 19.9. The van der Waals surface area contributed by atoms with E-state index in [4.69, 9.17) is 0 Å². The number of alkyl halides is 3. The molecule has 5 rings (SSSR count). The number of hydrogen-bond acceptors (Lipinski definition) is 5. The first-order chi connectivity index (χ1) is 16.2. The van der Waals surface area contributed by atoms with Crippen LogP contribution >= 0.6 is 34.9 Å². The second kappa shape index (κ2) is 9.54. The van der Waals surface area contributed by atoms with Crippen LogP contribution in [0.2, 0.25) is 0 Å². The van der Waals surface area contributed by atoms with Gasteiger partial charge in [0, 0.05) is 31.3 Å². The fourth-order valence-corrected chi connectivity index (χ4v) is 10.7. The first-order valence-corrected chi connectivity index (χ1v) is 15.0. The van der Waals surface area contributed by atoms with Gasteiger partial charge in [0.1, 0.15) is 15.7 Å². The van der Waals surface area contributed by atoms with Crippen LogP contribution < -0.4 is 14.8 Å². The standard InChI is InChI=1S/C24H33F3N3OS3/c1-4-29-15-8-6-7-9-17(15)32-19(29)13-20-30(5-2)22(31)21(34-20)23-28(3)16-12-14(24(25,26)27)10-11-18(16)33-23/h13-18H,4-12H2,1-3H3/q+1/b23-21-. The Morgan fingerprint density at radius 3 is 2.56 bits per heavy atom. The number of fused-ring (bicyclic) bond motifs is 2. The first kappa shape index (κ1) is 24.8. The van der Waals surface area contributed by atoms with Crippen molar-refractivity contribution in [3.05, 3.63) is 19.5 Å². The van der Waals surface area contributed by atoms with Crippen LogP contribution in [0.25, 0.3) is 11.1 Å². The number of thiazole rings is 1. The van der Waals surface area contributed by atoms with E-state index in [0.717, 1.165) is 16.2 Å². The Bertz CT molecular complexity index is 1150. The zero-order chi connectivity index (χ0) is 24.2. The van der Waals surface area contributed by atoms with E-state index in [-0.39, 0.29) is 29.7 Å². The molecule has 0 spiro atoms. The molecule has 3 fully saturated rings. The van der Waals surface area contributed by atoms with E-state index < -0.39 is 12.1 Å². The van der Waals surface area contributed by atoms with Gasteiger partial charge in [-0.3, -0.25) is 9.36 Å². The average Bonchev–Trinajstić information content (AvgIpc) is 3.43. The number of aromatic nitrogens is 1. The van der Waals surface area contributed by atoms with Gasteiger partial charge in [-0.1, -0.05) is 6.42 Å². The summed E-state index contributed by atoms with van der Waals surface area (Å²) in [5.41, 5.74) is -0.0109. The van der Waals surface area contributed by atoms with Gasteiger partial charge in [0.2, 0.25) is 5.04 Å². The van der Waals surface area contributed by atoms with Crippen LogP contribution in [0.5, 0.6) is 0 Å². The Morgan fingerprint density at radius 1 is 1.09 bits per heavy atom. The minimum Gasteiger partial charge on any atom is -0.364 e. The van der Waals surface area contributed by atoms with Gasteiger partial charge < -0.3 is 4.90 Å². The maximum absolute atomic E-state index is 13.4. The van der Waals surface area contributed by atoms with E-state index in [1.165, 1.54) is 42.1 Å². The molecule has 0 radical (unpaired) electrons. The fraction of sp³-hybridized carbons (Fsp3) is 0.750. The molecule has 1 saturated heterocycles. The molecule has 1 aromatic rings. The summed E-state index contributed by atoms with van der Waals surface area (Å²) in [6.07, 6.45) is 3.97. The van der Waals surface area contributed by atoms with Crippen molar-refractivity contribution in [2.24, 2.45) is 5.92 Å². The quantitative estimate of drug-likeness (QED) is 0.550. The predicted molar refractivity (Wildman–Crippen MR) is 137 cm³/mol. The van der Waals surface area contributed by atoms with Gasteiger partial charge in [0.05, 0.1) is 22.3 Å². The zero-order valence-corrected chi connectivity index (χ0v) is 22.4. The van der Waals surface area contributed by atoms with Crippen LogP contribution in [0.15, 0.2) is 4.79 Å². The molecule has 4 nitrogen and oxygen atoms in total. The number of halogens is 3. The van der Waals surface area contributed by atoms with Crippen molar-refractivity contribution in [2.45, 2.75) is 94.1 Å². The molecule has 1 aromatic heterocycles. The first-order valence-electron chi connectivity index (χ1n) is 12.4. The van der Waals surface area contributed by atoms with E-state index >= 15 is 0 Å². The molecule has 4 aliphatic rings. The van der Waals surface area contributed by atoms with Crippen LogP contribution in [0, 0.1) is 5.92 Å². The third kappa shape index (κ3) is 4.29. The van der Waals surface area contributed by atoms with Crippen molar-refractivity contribution in [1.82, 2.24) is 9.47 Å². The Labute approximate surface area is 211 Å². The Kier molecular flexibility index (Phi) is 6.96. The molecule has 2 aliphatic heterocycles. The molecular weight excluding hydrogens is 499 g/mol. The highest BCUT2D eigenvalue weighted by Crippen LogP contribution is 2.49. The van der Waals surface area contributed by atoms with Crippen molar-refractivity contribution in [2.75, 3.05) is 13.6 Å². The van der Waals surface area contributed by atoms with E-state index in [9.17, 15) is 18.0 Å². The lowest BCUT2D eigenvalue weighted by atomic mass is 9.84. The van der Waals surface area contributed by atoms with E-state index in [0.29, 0.717) is 28.8 Å². The minimum atomic E-state index is -4.14. The second-order valence-corrected chi connectivity index (χ2v) is 13.3. The molecule has 3 heterocycles. The second-order valence-electron chi connectivity index (χ2n) is 9.79. The molecule has 2 aliphatic carbocycles. The van der Waals surface area contributed by atoms with Crippen LogP contribution in [0.3, 0.4) is 0 Å². The maximum atomic E-state index is 13.4. The molecule has 10 heteroatoms. The molecule has 34 heavy (non-hydrogen) atoms. The number of rotatable bonds is 3. The number of nitrogens with zero attached hydrogens (tertiary/aromatic N) is 3. The molecule has 188 valence electrons. The van der Waals surface area contributed by atoms with Crippen molar-refractivity contribution >= 4 is 51.0 Å². The van der Waals surface area contributed by atoms with E-state index in [2.05, 4.69) is 17.6 Å². The summed E-state index contributed by atoms with van der Waals surface area (Å²) in [4.78, 5) is 15.4. The van der Waals surface area contributed by atoms with Crippen LogP contribution in [0.4, 0.5) is 13.2 Å². The highest BCUT2D eigenvalue weighted by molar-refractivity contribution is 8.15. The number of thioether (sulfide) groups is 2. The summed E-state index contributed by atoms with van der Waals surface area (Å²) in [5.74, 6) is -1.24. The Hall–Kier alpha value is -0.870. The van der Waals surface area contributed by atoms with Gasteiger partial charge in [-0.15, -0.1) is 23.1 Å². The SMILES string of the molecule is CCn1c(=CC2=[N+](CC)C3CCCCC3S2)s/c(=C2\SC3CCC(C(F)(F)F)CC3N2C)c1=O. The molecule has 2 saturated carbocycles. The molecule has 5 atom stereocenters. The van der Waals surface area contributed by atoms with Gasteiger partial charge in [0.15, 0.2) is 6.04 Å². The Balaban J connectivity index is 1.54. The summed E-state index contributed by atoms with van der Waals surface area (Å²) in [6.45, 7) is 5.74. The molecular formula is C24H33F3N3OS3+. The molecule has 0 amide bonds. The smallest absolute Gasteiger partial charge is 0.364 e. The van der Waals surface area contributed by atoms with Gasteiger partial charge in [-0.05, 0) is 57.7 Å². The van der Waals surface area contributed by atoms with Crippen molar-refractivity contribution in [3.8, 4) is 0 Å². The summed E-state index contributed by atoms with van der Waals surface area (Å²) < 4.78 is 46.1.